The van der Waals surface area contributed by atoms with Gasteiger partial charge >= 0.3 is 448 Å². The van der Waals surface area contributed by atoms with E-state index in [4.69, 9.17) is 18.8 Å². The van der Waals surface area contributed by atoms with Gasteiger partial charge in [-0.1, -0.05) is 0 Å². The summed E-state index contributed by atoms with van der Waals surface area (Å²) in [6, 6.07) is 43.5. The second kappa shape index (κ2) is 26.4. The van der Waals surface area contributed by atoms with Crippen LogP contribution in [-0.2, 0) is 14.5 Å². The van der Waals surface area contributed by atoms with Crippen LogP contribution in [0.2, 0.25) is 0 Å². The van der Waals surface area contributed by atoms with Crippen LogP contribution < -0.4 is 21.1 Å². The molecule has 0 aliphatic rings. The summed E-state index contributed by atoms with van der Waals surface area (Å²) in [5, 5.41) is 0. The van der Waals surface area contributed by atoms with Crippen molar-refractivity contribution >= 4 is 80.3 Å². The van der Waals surface area contributed by atoms with Gasteiger partial charge in [0.2, 0.25) is 0 Å². The van der Waals surface area contributed by atoms with Gasteiger partial charge in [-0.2, -0.15) is 0 Å². The van der Waals surface area contributed by atoms with E-state index < -0.39 is 54.9 Å². The molecule has 6 aromatic rings. The van der Waals surface area contributed by atoms with Crippen LogP contribution in [0.3, 0.4) is 0 Å². The Morgan fingerprint density at radius 3 is 0.565 bits per heavy atom. The van der Waals surface area contributed by atoms with Crippen molar-refractivity contribution in [3.05, 3.63) is 186 Å². The third-order valence-electron chi connectivity index (χ3n) is 13.0. The molecule has 0 radical (unpaired) electrons. The van der Waals surface area contributed by atoms with Crippen molar-refractivity contribution in [2.45, 2.75) is 160 Å². The van der Waals surface area contributed by atoms with Crippen molar-refractivity contribution in [3.8, 4) is 0 Å². The van der Waals surface area contributed by atoms with E-state index in [0.29, 0.717) is 35.5 Å². The Bertz CT molecular complexity index is 2250. The zero-order valence-corrected chi connectivity index (χ0v) is 53.3. The summed E-state index contributed by atoms with van der Waals surface area (Å²) in [7, 11) is 9.80. The summed E-state index contributed by atoms with van der Waals surface area (Å²) in [6.07, 6.45) is 0. The molecule has 6 aromatic carbocycles. The van der Waals surface area contributed by atoms with E-state index in [1.165, 1.54) is 66.8 Å². The molecule has 4 nitrogen and oxygen atoms in total. The Balaban J connectivity index is 0.000000264. The Kier molecular flexibility index (Phi) is 22.6. The molecular weight excluding hydrogens is 1190 g/mol. The quantitative estimate of drug-likeness (QED) is 0.0806. The van der Waals surface area contributed by atoms with Crippen LogP contribution in [0.1, 0.15) is 185 Å². The van der Waals surface area contributed by atoms with Gasteiger partial charge in [-0.3, -0.25) is 0 Å². The van der Waals surface area contributed by atoms with Crippen LogP contribution in [0.5, 0.6) is 0 Å². The maximum absolute atomic E-state index is 9.33. The Hall–Kier alpha value is -2.58. The van der Waals surface area contributed by atoms with Crippen molar-refractivity contribution in [2.75, 3.05) is 0 Å². The van der Waals surface area contributed by atoms with E-state index in [9.17, 15) is 9.81 Å². The van der Waals surface area contributed by atoms with Gasteiger partial charge in [0.25, 0.3) is 0 Å². The van der Waals surface area contributed by atoms with E-state index >= 15 is 0 Å². The number of halogens is 2. The molecule has 370 valence electrons. The van der Waals surface area contributed by atoms with Crippen LogP contribution >= 0.6 is 18.8 Å². The van der Waals surface area contributed by atoms with Gasteiger partial charge in [0, 0.05) is 0 Å². The number of nitroso groups, excluding NO2 is 2. The molecule has 0 saturated heterocycles. The first-order valence-electron chi connectivity index (χ1n) is 24.5. The van der Waals surface area contributed by atoms with Gasteiger partial charge in [-0.15, -0.1) is 0 Å². The second-order valence-electron chi connectivity index (χ2n) is 20.4. The number of benzene rings is 6. The fourth-order valence-corrected chi connectivity index (χ4v) is 24.7. The fourth-order valence-electron chi connectivity index (χ4n) is 8.15. The first kappa shape index (κ1) is 59.0. The summed E-state index contributed by atoms with van der Waals surface area (Å²) >= 11 is -8.50. The van der Waals surface area contributed by atoms with Gasteiger partial charge in [0.05, 0.1) is 0 Å². The topological polar surface area (TPSA) is 58.9 Å². The average Bonchev–Trinajstić information content (AvgIpc) is 3.29. The first-order valence-corrected chi connectivity index (χ1v) is 39.1. The van der Waals surface area contributed by atoms with Gasteiger partial charge in [0.15, 0.2) is 0 Å². The first-order chi connectivity index (χ1) is 32.3. The van der Waals surface area contributed by atoms with Gasteiger partial charge in [0.1, 0.15) is 0 Å². The summed E-state index contributed by atoms with van der Waals surface area (Å²) in [5.74, 6) is 3.29. The van der Waals surface area contributed by atoms with E-state index in [0.717, 1.165) is 0 Å². The van der Waals surface area contributed by atoms with Crippen molar-refractivity contribution in [1.29, 1.82) is 0 Å². The van der Waals surface area contributed by atoms with E-state index in [1.54, 1.807) is 21.1 Å². The Labute approximate surface area is 443 Å². The van der Waals surface area contributed by atoms with Crippen molar-refractivity contribution < 1.29 is 14.5 Å². The van der Waals surface area contributed by atoms with Gasteiger partial charge < -0.3 is 0 Å². The molecule has 0 N–H and O–H groups in total. The molecule has 0 saturated carbocycles. The molecule has 0 spiro atoms. The minimum absolute atomic E-state index is 0.549. The number of hydrogen-bond donors (Lipinski definition) is 0. The van der Waals surface area contributed by atoms with Crippen LogP contribution in [0.4, 0.5) is 0 Å². The standard InChI is InChI=1S/6C10H13.2ClH.Mo.2NO.2Sb/c6*1-8(2)10-6-4-9(3)5-7-10;;;;2*1-2;;/h6*4,6-8H,1-3H3;2*1H;;;;;/q;;;;;;;;+4;2*-1;;/p-2. The summed E-state index contributed by atoms with van der Waals surface area (Å²) in [6.45, 7) is 41.6. The molecule has 0 atom stereocenters. The van der Waals surface area contributed by atoms with Crippen molar-refractivity contribution in [3.63, 3.8) is 0 Å². The van der Waals surface area contributed by atoms with E-state index in [2.05, 4.69) is 241 Å². The molecule has 0 unspecified atom stereocenters. The fraction of sp³-hybridized carbons (Fsp3) is 0.400. The van der Waals surface area contributed by atoms with Gasteiger partial charge in [-0.25, -0.2) is 0 Å². The summed E-state index contributed by atoms with van der Waals surface area (Å²) in [4.78, 5) is 18.7. The summed E-state index contributed by atoms with van der Waals surface area (Å²) in [5.41, 5.74) is 17.5. The molecule has 0 bridgehead atoms. The molecule has 0 heterocycles. The zero-order valence-electron chi connectivity index (χ0n) is 44.6. The third-order valence-corrected chi connectivity index (χ3v) is 31.7. The average molecular weight is 1270 g/mol. The van der Waals surface area contributed by atoms with Crippen LogP contribution in [0.25, 0.3) is 0 Å². The second-order valence-corrected chi connectivity index (χ2v) is 41.3. The number of nitrogens with zero attached hydrogens (tertiary/aromatic N) is 2. The molecule has 69 heavy (non-hydrogen) atoms. The number of rotatable bonds is 14. The Morgan fingerprint density at radius 1 is 0.319 bits per heavy atom. The van der Waals surface area contributed by atoms with Crippen LogP contribution in [0.15, 0.2) is 117 Å². The molecule has 0 aliphatic heterocycles. The van der Waals surface area contributed by atoms with Crippen molar-refractivity contribution in [1.82, 2.24) is 0 Å². The molecule has 0 aliphatic carbocycles. The van der Waals surface area contributed by atoms with E-state index in [1.807, 2.05) is 0 Å². The van der Waals surface area contributed by atoms with E-state index in [-0.39, 0.29) is 0 Å². The predicted octanol–water partition coefficient (Wildman–Crippen LogP) is 14.8. The Morgan fingerprint density at radius 2 is 0.464 bits per heavy atom. The minimum atomic E-state index is -4.02. The summed E-state index contributed by atoms with van der Waals surface area (Å²) < 4.78 is 14.0. The molecule has 0 amide bonds. The van der Waals surface area contributed by atoms with Crippen LogP contribution in [-0.4, -0.2) is 40.4 Å². The number of hydrogen-bond acceptors (Lipinski definition) is 4. The SMILES string of the molecule is Cc1ccc(C(C)C)c[c]1[Sb]([c]1cc(C(C)C)ccc1C)[c]1cc(C(C)C)ccc1C.Cc1ccc(C(C)C)c[c]1[Sb]([c]1cc(C(C)C)ccc1C)[c]1cc(C(C)C)ccc1C.O=[N][Mo]([Cl])([Cl])[N]=O. The third kappa shape index (κ3) is 15.7. The number of aryl methyl sites for hydroxylation is 6. The molecule has 0 aromatic heterocycles. The molecule has 0 fully saturated rings. The maximum atomic E-state index is 9.33. The zero-order chi connectivity index (χ0) is 51.7. The molecular formula is C60H78Cl2MoN2O2Sb2. The predicted molar refractivity (Wildman–Crippen MR) is 304 cm³/mol. The molecule has 6 rings (SSSR count). The molecule has 9 heteroatoms. The van der Waals surface area contributed by atoms with Gasteiger partial charge in [-0.05, 0) is 0 Å². The van der Waals surface area contributed by atoms with Crippen molar-refractivity contribution in [2.24, 2.45) is 7.47 Å². The normalized spacial score (nSPS) is 12.0. The monoisotopic (exact) mass is 1270 g/mol. The van der Waals surface area contributed by atoms with Crippen LogP contribution in [0, 0.1) is 51.4 Å².